The molecule has 1 heterocycles. The molecule has 4 nitrogen and oxygen atoms in total. The van der Waals surface area contributed by atoms with Crippen molar-refractivity contribution in [2.75, 3.05) is 6.54 Å². The first-order chi connectivity index (χ1) is 6.84. The molecule has 0 aromatic rings. The molecule has 1 atom stereocenters. The van der Waals surface area contributed by atoms with E-state index < -0.39 is 5.41 Å². The van der Waals surface area contributed by atoms with Gasteiger partial charge in [-0.15, -0.1) is 0 Å². The van der Waals surface area contributed by atoms with E-state index >= 15 is 0 Å². The van der Waals surface area contributed by atoms with Crippen LogP contribution in [0.3, 0.4) is 0 Å². The summed E-state index contributed by atoms with van der Waals surface area (Å²) in [5.41, 5.74) is 5.10. The second kappa shape index (κ2) is 4.31. The SMILES string of the molecule is CC(N)CCCN1C(=O)CC(C)(C)C1=O. The molecule has 0 spiro atoms. The molecule has 1 saturated heterocycles. The Labute approximate surface area is 90.8 Å². The van der Waals surface area contributed by atoms with Gasteiger partial charge in [-0.05, 0) is 19.8 Å². The van der Waals surface area contributed by atoms with Crippen LogP contribution in [0.4, 0.5) is 0 Å². The third kappa shape index (κ3) is 2.78. The lowest BCUT2D eigenvalue weighted by atomic mass is 9.92. The zero-order valence-electron chi connectivity index (χ0n) is 9.75. The minimum Gasteiger partial charge on any atom is -0.328 e. The Hall–Kier alpha value is -0.900. The quantitative estimate of drug-likeness (QED) is 0.704. The van der Waals surface area contributed by atoms with Gasteiger partial charge < -0.3 is 5.73 Å². The van der Waals surface area contributed by atoms with Gasteiger partial charge in [0.1, 0.15) is 0 Å². The van der Waals surface area contributed by atoms with E-state index in [0.29, 0.717) is 13.0 Å². The van der Waals surface area contributed by atoms with Crippen molar-refractivity contribution >= 4 is 11.8 Å². The molecule has 0 bridgehead atoms. The van der Waals surface area contributed by atoms with Gasteiger partial charge in [-0.25, -0.2) is 0 Å². The van der Waals surface area contributed by atoms with Crippen LogP contribution in [-0.4, -0.2) is 29.3 Å². The van der Waals surface area contributed by atoms with Crippen LogP contribution in [0.5, 0.6) is 0 Å². The van der Waals surface area contributed by atoms with E-state index in [-0.39, 0.29) is 17.9 Å². The monoisotopic (exact) mass is 212 g/mol. The molecule has 0 aromatic heterocycles. The summed E-state index contributed by atoms with van der Waals surface area (Å²) >= 11 is 0. The topological polar surface area (TPSA) is 63.4 Å². The van der Waals surface area contributed by atoms with Crippen LogP contribution in [0.15, 0.2) is 0 Å². The van der Waals surface area contributed by atoms with E-state index in [2.05, 4.69) is 0 Å². The van der Waals surface area contributed by atoms with Gasteiger partial charge >= 0.3 is 0 Å². The number of hydrogen-bond acceptors (Lipinski definition) is 3. The minimum absolute atomic E-state index is 0.0443. The predicted octanol–water partition coefficient (Wildman–Crippen LogP) is 0.899. The Morgan fingerprint density at radius 1 is 1.47 bits per heavy atom. The van der Waals surface area contributed by atoms with E-state index in [9.17, 15) is 9.59 Å². The fourth-order valence-electron chi connectivity index (χ4n) is 1.83. The molecule has 15 heavy (non-hydrogen) atoms. The van der Waals surface area contributed by atoms with Crippen LogP contribution in [0, 0.1) is 5.41 Å². The Morgan fingerprint density at radius 3 is 2.47 bits per heavy atom. The van der Waals surface area contributed by atoms with Crippen molar-refractivity contribution < 1.29 is 9.59 Å². The number of nitrogens with zero attached hydrogens (tertiary/aromatic N) is 1. The van der Waals surface area contributed by atoms with Gasteiger partial charge in [-0.2, -0.15) is 0 Å². The lowest BCUT2D eigenvalue weighted by Gasteiger charge is -2.17. The maximum atomic E-state index is 11.8. The van der Waals surface area contributed by atoms with Crippen LogP contribution in [-0.2, 0) is 9.59 Å². The predicted molar refractivity (Wildman–Crippen MR) is 58.0 cm³/mol. The average Bonchev–Trinajstić information content (AvgIpc) is 2.26. The van der Waals surface area contributed by atoms with Crippen LogP contribution >= 0.6 is 0 Å². The standard InChI is InChI=1S/C11H20N2O2/c1-8(12)5-4-6-13-9(14)7-11(2,3)10(13)15/h8H,4-7,12H2,1-3H3. The van der Waals surface area contributed by atoms with E-state index in [1.54, 1.807) is 0 Å². The summed E-state index contributed by atoms with van der Waals surface area (Å²) < 4.78 is 0. The molecule has 0 aromatic carbocycles. The summed E-state index contributed by atoms with van der Waals surface area (Å²) in [6, 6.07) is 0.130. The minimum atomic E-state index is -0.509. The van der Waals surface area contributed by atoms with E-state index in [1.165, 1.54) is 4.90 Å². The second-order valence-corrected chi connectivity index (χ2v) is 5.03. The van der Waals surface area contributed by atoms with Crippen molar-refractivity contribution in [3.63, 3.8) is 0 Å². The Morgan fingerprint density at radius 2 is 2.07 bits per heavy atom. The summed E-state index contributed by atoms with van der Waals surface area (Å²) in [5.74, 6) is -0.0909. The molecule has 0 radical (unpaired) electrons. The van der Waals surface area contributed by atoms with Crippen LogP contribution in [0.25, 0.3) is 0 Å². The van der Waals surface area contributed by atoms with Crippen LogP contribution in [0.1, 0.15) is 40.0 Å². The first kappa shape index (κ1) is 12.2. The van der Waals surface area contributed by atoms with Crippen molar-refractivity contribution in [2.45, 2.75) is 46.1 Å². The Kier molecular flexibility index (Phi) is 3.50. The lowest BCUT2D eigenvalue weighted by Crippen LogP contribution is -2.34. The van der Waals surface area contributed by atoms with E-state index in [4.69, 9.17) is 5.73 Å². The highest BCUT2D eigenvalue weighted by Crippen LogP contribution is 2.31. The second-order valence-electron chi connectivity index (χ2n) is 5.03. The van der Waals surface area contributed by atoms with E-state index in [0.717, 1.165) is 12.8 Å². The summed E-state index contributed by atoms with van der Waals surface area (Å²) in [7, 11) is 0. The summed E-state index contributed by atoms with van der Waals surface area (Å²) in [5, 5.41) is 0. The van der Waals surface area contributed by atoms with Crippen LogP contribution in [0.2, 0.25) is 0 Å². The number of rotatable bonds is 4. The molecule has 1 rings (SSSR count). The Bertz CT molecular complexity index is 272. The third-order valence-electron chi connectivity index (χ3n) is 2.76. The molecule has 1 aliphatic rings. The first-order valence-corrected chi connectivity index (χ1v) is 5.45. The maximum Gasteiger partial charge on any atom is 0.235 e. The number of nitrogens with two attached hydrogens (primary N) is 1. The molecular formula is C11H20N2O2. The molecule has 0 saturated carbocycles. The maximum absolute atomic E-state index is 11.8. The van der Waals surface area contributed by atoms with Gasteiger partial charge in [0.05, 0.1) is 5.41 Å². The summed E-state index contributed by atoms with van der Waals surface area (Å²) in [4.78, 5) is 24.7. The van der Waals surface area contributed by atoms with Crippen LogP contribution < -0.4 is 5.73 Å². The van der Waals surface area contributed by atoms with Crippen molar-refractivity contribution in [1.82, 2.24) is 4.90 Å². The smallest absolute Gasteiger partial charge is 0.235 e. The first-order valence-electron chi connectivity index (χ1n) is 5.45. The van der Waals surface area contributed by atoms with Crippen molar-refractivity contribution in [2.24, 2.45) is 11.1 Å². The summed E-state index contributed by atoms with van der Waals surface area (Å²) in [6.45, 7) is 6.08. The number of hydrogen-bond donors (Lipinski definition) is 1. The zero-order valence-corrected chi connectivity index (χ0v) is 9.75. The van der Waals surface area contributed by atoms with E-state index in [1.807, 2.05) is 20.8 Å². The zero-order chi connectivity index (χ0) is 11.6. The van der Waals surface area contributed by atoms with Gasteiger partial charge in [0, 0.05) is 19.0 Å². The lowest BCUT2D eigenvalue weighted by molar-refractivity contribution is -0.140. The number of likely N-dealkylation sites (tertiary alicyclic amines) is 1. The molecule has 1 fully saturated rings. The van der Waals surface area contributed by atoms with Gasteiger partial charge in [-0.3, -0.25) is 14.5 Å². The number of carbonyl (C=O) groups is 2. The molecule has 1 aliphatic heterocycles. The average molecular weight is 212 g/mol. The highest BCUT2D eigenvalue weighted by molar-refractivity contribution is 6.05. The molecular weight excluding hydrogens is 192 g/mol. The number of carbonyl (C=O) groups excluding carboxylic acids is 2. The fourth-order valence-corrected chi connectivity index (χ4v) is 1.83. The molecule has 1 unspecified atom stereocenters. The molecule has 0 aliphatic carbocycles. The molecule has 2 amide bonds. The molecule has 4 heteroatoms. The number of amides is 2. The third-order valence-corrected chi connectivity index (χ3v) is 2.76. The van der Waals surface area contributed by atoms with Crippen molar-refractivity contribution in [1.29, 1.82) is 0 Å². The Balaban J connectivity index is 2.49. The van der Waals surface area contributed by atoms with Gasteiger partial charge in [0.2, 0.25) is 11.8 Å². The highest BCUT2D eigenvalue weighted by atomic mass is 16.2. The fraction of sp³-hybridized carbons (Fsp3) is 0.818. The van der Waals surface area contributed by atoms with Gasteiger partial charge in [0.25, 0.3) is 0 Å². The van der Waals surface area contributed by atoms with Gasteiger partial charge in [-0.1, -0.05) is 13.8 Å². The summed E-state index contributed by atoms with van der Waals surface area (Å²) in [6.07, 6.45) is 1.98. The van der Waals surface area contributed by atoms with Crippen molar-refractivity contribution in [3.05, 3.63) is 0 Å². The highest BCUT2D eigenvalue weighted by Gasteiger charge is 2.44. The number of imide groups is 1. The molecule has 86 valence electrons. The molecule has 2 N–H and O–H groups in total. The van der Waals surface area contributed by atoms with Gasteiger partial charge in [0.15, 0.2) is 0 Å². The largest absolute Gasteiger partial charge is 0.328 e. The normalized spacial score (nSPS) is 22.3. The van der Waals surface area contributed by atoms with Crippen molar-refractivity contribution in [3.8, 4) is 0 Å².